The van der Waals surface area contributed by atoms with Crippen LogP contribution < -0.4 is 5.73 Å². The maximum Gasteiger partial charge on any atom is 0.246 e. The van der Waals surface area contributed by atoms with Crippen LogP contribution in [0.2, 0.25) is 0 Å². The molecule has 0 heterocycles. The summed E-state index contributed by atoms with van der Waals surface area (Å²) in [7, 11) is 0. The van der Waals surface area contributed by atoms with Crippen LogP contribution in [0.25, 0.3) is 0 Å². The van der Waals surface area contributed by atoms with Crippen molar-refractivity contribution < 1.29 is 4.79 Å². The van der Waals surface area contributed by atoms with Gasteiger partial charge in [-0.1, -0.05) is 19.1 Å². The molecule has 0 unspecified atom stereocenters. The van der Waals surface area contributed by atoms with Gasteiger partial charge in [0.1, 0.15) is 0 Å². The highest BCUT2D eigenvalue weighted by molar-refractivity contribution is 5.91. The second kappa shape index (κ2) is 6.87. The Morgan fingerprint density at radius 2 is 1.80 bits per heavy atom. The molecule has 3 nitrogen and oxygen atoms in total. The summed E-state index contributed by atoms with van der Waals surface area (Å²) in [5.74, 6) is -0.370. The lowest BCUT2D eigenvalue weighted by atomic mass is 10.1. The van der Waals surface area contributed by atoms with E-state index in [1.165, 1.54) is 0 Å². The highest BCUT2D eigenvalue weighted by Gasteiger charge is 2.11. The highest BCUT2D eigenvalue weighted by atomic mass is 16.1. The summed E-state index contributed by atoms with van der Waals surface area (Å²) < 4.78 is 0. The van der Waals surface area contributed by atoms with Gasteiger partial charge in [0, 0.05) is 24.4 Å². The lowest BCUT2D eigenvalue weighted by Crippen LogP contribution is -2.27. The molecule has 0 aliphatic heterocycles. The summed E-state index contributed by atoms with van der Waals surface area (Å²) >= 11 is 0. The molecule has 0 bridgehead atoms. The SMILES string of the molecule is C=CCN(CC=C)/C(CC)=C(\C)C(N)=O. The molecule has 0 atom stereocenters. The molecule has 1 amide bonds. The minimum Gasteiger partial charge on any atom is -0.367 e. The maximum absolute atomic E-state index is 11.1. The molecule has 0 aliphatic rings. The number of allylic oxidation sites excluding steroid dienone is 1. The van der Waals surface area contributed by atoms with Crippen molar-refractivity contribution in [1.29, 1.82) is 0 Å². The van der Waals surface area contributed by atoms with Crippen molar-refractivity contribution >= 4 is 5.91 Å². The maximum atomic E-state index is 11.1. The third-order valence-electron chi connectivity index (χ3n) is 2.22. The average molecular weight is 208 g/mol. The van der Waals surface area contributed by atoms with Crippen LogP contribution in [0.4, 0.5) is 0 Å². The van der Waals surface area contributed by atoms with Gasteiger partial charge in [-0.25, -0.2) is 0 Å². The third kappa shape index (κ3) is 4.02. The molecule has 0 saturated carbocycles. The van der Waals surface area contributed by atoms with Gasteiger partial charge in [0.2, 0.25) is 5.91 Å². The predicted octanol–water partition coefficient (Wildman–Crippen LogP) is 1.83. The minimum atomic E-state index is -0.370. The number of hydrogen-bond acceptors (Lipinski definition) is 2. The van der Waals surface area contributed by atoms with Crippen molar-refractivity contribution in [1.82, 2.24) is 4.90 Å². The van der Waals surface area contributed by atoms with Crippen LogP contribution in [0, 0.1) is 0 Å². The van der Waals surface area contributed by atoms with Crippen molar-refractivity contribution in [2.45, 2.75) is 20.3 Å². The summed E-state index contributed by atoms with van der Waals surface area (Å²) in [4.78, 5) is 13.1. The smallest absolute Gasteiger partial charge is 0.246 e. The molecule has 2 N–H and O–H groups in total. The van der Waals surface area contributed by atoms with Gasteiger partial charge in [0.05, 0.1) is 0 Å². The van der Waals surface area contributed by atoms with Crippen LogP contribution in [-0.2, 0) is 4.79 Å². The Labute approximate surface area is 91.9 Å². The van der Waals surface area contributed by atoms with E-state index < -0.39 is 0 Å². The second-order valence-electron chi connectivity index (χ2n) is 3.27. The number of hydrogen-bond donors (Lipinski definition) is 1. The average Bonchev–Trinajstić information content (AvgIpc) is 2.19. The normalized spacial score (nSPS) is 11.6. The van der Waals surface area contributed by atoms with Gasteiger partial charge in [-0.15, -0.1) is 13.2 Å². The van der Waals surface area contributed by atoms with E-state index in [4.69, 9.17) is 5.73 Å². The summed E-state index contributed by atoms with van der Waals surface area (Å²) in [5.41, 5.74) is 6.84. The largest absolute Gasteiger partial charge is 0.367 e. The number of carbonyl (C=O) groups excluding carboxylic acids is 1. The van der Waals surface area contributed by atoms with Gasteiger partial charge in [-0.05, 0) is 13.3 Å². The van der Waals surface area contributed by atoms with Gasteiger partial charge >= 0.3 is 0 Å². The molecule has 0 fully saturated rings. The van der Waals surface area contributed by atoms with Crippen molar-refractivity contribution in [3.05, 3.63) is 36.6 Å². The molecule has 3 heteroatoms. The van der Waals surface area contributed by atoms with E-state index in [9.17, 15) is 4.79 Å². The zero-order valence-corrected chi connectivity index (χ0v) is 9.62. The third-order valence-corrected chi connectivity index (χ3v) is 2.22. The summed E-state index contributed by atoms with van der Waals surface area (Å²) in [6, 6.07) is 0. The molecular weight excluding hydrogens is 188 g/mol. The Balaban J connectivity index is 5.02. The van der Waals surface area contributed by atoms with Crippen molar-refractivity contribution in [2.75, 3.05) is 13.1 Å². The van der Waals surface area contributed by atoms with Gasteiger partial charge in [-0.3, -0.25) is 4.79 Å². The first-order valence-electron chi connectivity index (χ1n) is 5.04. The topological polar surface area (TPSA) is 46.3 Å². The zero-order chi connectivity index (χ0) is 11.8. The summed E-state index contributed by atoms with van der Waals surface area (Å²) in [6.45, 7) is 12.5. The Morgan fingerprint density at radius 3 is 2.07 bits per heavy atom. The Hall–Kier alpha value is -1.51. The summed E-state index contributed by atoms with van der Waals surface area (Å²) in [5, 5.41) is 0. The Kier molecular flexibility index (Phi) is 6.18. The fraction of sp³-hybridized carbons (Fsp3) is 0.417. The van der Waals surface area contributed by atoms with Crippen LogP contribution >= 0.6 is 0 Å². The van der Waals surface area contributed by atoms with E-state index in [2.05, 4.69) is 13.2 Å². The van der Waals surface area contributed by atoms with Crippen LogP contribution in [0.15, 0.2) is 36.6 Å². The Morgan fingerprint density at radius 1 is 1.33 bits per heavy atom. The molecule has 0 aromatic rings. The fourth-order valence-corrected chi connectivity index (χ4v) is 1.47. The number of primary amides is 1. The number of nitrogens with two attached hydrogens (primary N) is 1. The molecule has 0 saturated heterocycles. The molecule has 0 spiro atoms. The van der Waals surface area contributed by atoms with E-state index in [0.717, 1.165) is 12.1 Å². The molecule has 0 aromatic heterocycles. The first-order valence-corrected chi connectivity index (χ1v) is 5.04. The summed E-state index contributed by atoms with van der Waals surface area (Å²) in [6.07, 6.45) is 4.37. The second-order valence-corrected chi connectivity index (χ2v) is 3.27. The van der Waals surface area contributed by atoms with Gasteiger partial charge in [-0.2, -0.15) is 0 Å². The van der Waals surface area contributed by atoms with Crippen molar-refractivity contribution in [3.8, 4) is 0 Å². The zero-order valence-electron chi connectivity index (χ0n) is 9.62. The molecule has 0 rings (SSSR count). The van der Waals surface area contributed by atoms with Crippen LogP contribution in [-0.4, -0.2) is 23.9 Å². The van der Waals surface area contributed by atoms with Gasteiger partial charge in [0.15, 0.2) is 0 Å². The van der Waals surface area contributed by atoms with Gasteiger partial charge in [0.25, 0.3) is 0 Å². The lowest BCUT2D eigenvalue weighted by Gasteiger charge is -2.25. The standard InChI is InChI=1S/C12H20N2O/c1-5-8-14(9-6-2)11(7-3)10(4)12(13)15/h5-6H,1-2,7-9H2,3-4H3,(H2,13,15)/b11-10+. The van der Waals surface area contributed by atoms with Gasteiger partial charge < -0.3 is 10.6 Å². The first-order chi connectivity index (χ1) is 7.08. The van der Waals surface area contributed by atoms with Crippen LogP contribution in [0.3, 0.4) is 0 Å². The van der Waals surface area contributed by atoms with E-state index in [-0.39, 0.29) is 5.91 Å². The quantitative estimate of drug-likeness (QED) is 0.512. The van der Waals surface area contributed by atoms with Crippen molar-refractivity contribution in [3.63, 3.8) is 0 Å². The van der Waals surface area contributed by atoms with E-state index in [0.29, 0.717) is 18.7 Å². The molecular formula is C12H20N2O. The Bertz CT molecular complexity index is 269. The molecule has 0 aromatic carbocycles. The van der Waals surface area contributed by atoms with E-state index in [1.807, 2.05) is 11.8 Å². The number of rotatable bonds is 7. The molecule has 0 aliphatic carbocycles. The van der Waals surface area contributed by atoms with Crippen molar-refractivity contribution in [2.24, 2.45) is 5.73 Å². The molecule has 0 radical (unpaired) electrons. The van der Waals surface area contributed by atoms with Crippen LogP contribution in [0.1, 0.15) is 20.3 Å². The van der Waals surface area contributed by atoms with E-state index >= 15 is 0 Å². The monoisotopic (exact) mass is 208 g/mol. The first kappa shape index (κ1) is 13.5. The molecule has 84 valence electrons. The number of nitrogens with zero attached hydrogens (tertiary/aromatic N) is 1. The predicted molar refractivity (Wildman–Crippen MR) is 64.2 cm³/mol. The molecule has 15 heavy (non-hydrogen) atoms. The number of amides is 1. The lowest BCUT2D eigenvalue weighted by molar-refractivity contribution is -0.114. The van der Waals surface area contributed by atoms with E-state index in [1.54, 1.807) is 19.1 Å². The number of carbonyl (C=O) groups is 1. The fourth-order valence-electron chi connectivity index (χ4n) is 1.47. The minimum absolute atomic E-state index is 0.370. The van der Waals surface area contributed by atoms with Crippen LogP contribution in [0.5, 0.6) is 0 Å². The highest BCUT2D eigenvalue weighted by Crippen LogP contribution is 2.14.